The lowest BCUT2D eigenvalue weighted by Crippen LogP contribution is -2.48. The summed E-state index contributed by atoms with van der Waals surface area (Å²) in [6, 6.07) is 21.0. The minimum Gasteiger partial charge on any atom is -0.497 e. The Hall–Kier alpha value is -3.98. The highest BCUT2D eigenvalue weighted by atomic mass is 16.5. The van der Waals surface area contributed by atoms with E-state index in [1.54, 1.807) is 23.8 Å². The molecule has 1 saturated heterocycles. The van der Waals surface area contributed by atoms with Crippen molar-refractivity contribution < 1.29 is 19.0 Å². The summed E-state index contributed by atoms with van der Waals surface area (Å²) in [4.78, 5) is 13.3. The molecule has 0 spiro atoms. The van der Waals surface area contributed by atoms with E-state index in [0.717, 1.165) is 16.9 Å². The van der Waals surface area contributed by atoms with E-state index in [2.05, 4.69) is 20.6 Å². The van der Waals surface area contributed by atoms with Gasteiger partial charge < -0.3 is 19.5 Å². The highest BCUT2D eigenvalue weighted by molar-refractivity contribution is 5.88. The van der Waals surface area contributed by atoms with Crippen LogP contribution in [0.25, 0.3) is 17.0 Å². The Morgan fingerprint density at radius 1 is 1.06 bits per heavy atom. The van der Waals surface area contributed by atoms with Crippen molar-refractivity contribution in [1.82, 2.24) is 25.1 Å². The second-order valence-electron chi connectivity index (χ2n) is 8.36. The molecular weight excluding hydrogens is 446 g/mol. The molecule has 4 aromatic rings. The quantitative estimate of drug-likeness (QED) is 0.393. The minimum absolute atomic E-state index is 0.00173. The van der Waals surface area contributed by atoms with Gasteiger partial charge in [-0.3, -0.25) is 4.79 Å². The van der Waals surface area contributed by atoms with Crippen LogP contribution >= 0.6 is 0 Å². The van der Waals surface area contributed by atoms with Crippen molar-refractivity contribution >= 4 is 11.6 Å². The molecule has 1 N–H and O–H groups in total. The van der Waals surface area contributed by atoms with Crippen molar-refractivity contribution in [3.63, 3.8) is 0 Å². The van der Waals surface area contributed by atoms with Gasteiger partial charge in [0.15, 0.2) is 11.5 Å². The van der Waals surface area contributed by atoms with Crippen LogP contribution in [0.15, 0.2) is 66.7 Å². The van der Waals surface area contributed by atoms with Gasteiger partial charge in [-0.2, -0.15) is 4.52 Å². The number of fused-ring (bicyclic) bond motifs is 1. The fraction of sp³-hybridized carbons (Fsp3) is 0.308. The van der Waals surface area contributed by atoms with E-state index >= 15 is 0 Å². The highest BCUT2D eigenvalue weighted by Gasteiger charge is 2.41. The van der Waals surface area contributed by atoms with Gasteiger partial charge in [-0.1, -0.05) is 42.5 Å². The van der Waals surface area contributed by atoms with Crippen LogP contribution in [0, 0.1) is 0 Å². The molecular formula is C26H27N5O4. The molecule has 3 heterocycles. The van der Waals surface area contributed by atoms with Crippen LogP contribution in [0.1, 0.15) is 18.4 Å². The first-order valence-corrected chi connectivity index (χ1v) is 11.6. The van der Waals surface area contributed by atoms with Gasteiger partial charge in [0.25, 0.3) is 0 Å². The average molecular weight is 474 g/mol. The largest absolute Gasteiger partial charge is 0.497 e. The van der Waals surface area contributed by atoms with E-state index < -0.39 is 5.41 Å². The zero-order chi connectivity index (χ0) is 24.1. The van der Waals surface area contributed by atoms with Crippen LogP contribution in [0.3, 0.4) is 0 Å². The van der Waals surface area contributed by atoms with Crippen molar-refractivity contribution in [2.75, 3.05) is 33.5 Å². The van der Waals surface area contributed by atoms with Crippen molar-refractivity contribution in [1.29, 1.82) is 0 Å². The standard InChI is InChI=1S/C26H27N5O4/c1-33-21-9-5-6-19(18-21)24-29-28-22-10-11-23(30-31(22)24)35-17-14-27-25(32)26(12-15-34-16-13-26)20-7-3-2-4-8-20/h2-11,18H,12-17H2,1H3,(H,27,32). The summed E-state index contributed by atoms with van der Waals surface area (Å²) in [6.45, 7) is 1.77. The van der Waals surface area contributed by atoms with Crippen LogP contribution in [-0.2, 0) is 14.9 Å². The number of benzene rings is 2. The van der Waals surface area contributed by atoms with Gasteiger partial charge in [-0.05, 0) is 36.6 Å². The number of rotatable bonds is 8. The van der Waals surface area contributed by atoms with Gasteiger partial charge in [-0.15, -0.1) is 15.3 Å². The zero-order valence-corrected chi connectivity index (χ0v) is 19.5. The number of carbonyl (C=O) groups excluding carboxylic acids is 1. The lowest BCUT2D eigenvalue weighted by atomic mass is 9.73. The third-order valence-electron chi connectivity index (χ3n) is 6.31. The Balaban J connectivity index is 1.25. The van der Waals surface area contributed by atoms with Crippen LogP contribution in [0.4, 0.5) is 0 Å². The number of amides is 1. The van der Waals surface area contributed by atoms with Crippen LogP contribution < -0.4 is 14.8 Å². The van der Waals surface area contributed by atoms with E-state index in [-0.39, 0.29) is 12.5 Å². The number of aromatic nitrogens is 4. The number of methoxy groups -OCH3 is 1. The minimum atomic E-state index is -0.579. The third kappa shape index (κ3) is 4.67. The fourth-order valence-corrected chi connectivity index (χ4v) is 4.40. The van der Waals surface area contributed by atoms with Gasteiger partial charge in [0, 0.05) is 24.8 Å². The van der Waals surface area contributed by atoms with Gasteiger partial charge in [0.1, 0.15) is 12.4 Å². The average Bonchev–Trinajstić information content (AvgIpc) is 3.35. The monoisotopic (exact) mass is 473 g/mol. The van der Waals surface area contributed by atoms with Crippen molar-refractivity contribution in [2.45, 2.75) is 18.3 Å². The van der Waals surface area contributed by atoms with Crippen molar-refractivity contribution in [2.24, 2.45) is 0 Å². The Bertz CT molecular complexity index is 1300. The van der Waals surface area contributed by atoms with E-state index in [1.165, 1.54) is 0 Å². The van der Waals surface area contributed by atoms with Gasteiger partial charge in [0.05, 0.1) is 19.1 Å². The first-order valence-electron chi connectivity index (χ1n) is 11.6. The third-order valence-corrected chi connectivity index (χ3v) is 6.31. The Labute approximate surface area is 203 Å². The summed E-state index contributed by atoms with van der Waals surface area (Å²) in [5, 5.41) is 16.0. The van der Waals surface area contributed by atoms with Gasteiger partial charge in [-0.25, -0.2) is 0 Å². The van der Waals surface area contributed by atoms with E-state index in [4.69, 9.17) is 14.2 Å². The topological polar surface area (TPSA) is 99.9 Å². The summed E-state index contributed by atoms with van der Waals surface area (Å²) in [6.07, 6.45) is 1.31. The molecule has 2 aromatic carbocycles. The van der Waals surface area contributed by atoms with Crippen LogP contribution in [0.5, 0.6) is 11.6 Å². The number of nitrogens with one attached hydrogen (secondary N) is 1. The van der Waals surface area contributed by atoms with E-state index in [0.29, 0.717) is 50.0 Å². The molecule has 180 valence electrons. The summed E-state index contributed by atoms with van der Waals surface area (Å²) >= 11 is 0. The molecule has 5 rings (SSSR count). The molecule has 0 atom stereocenters. The summed E-state index contributed by atoms with van der Waals surface area (Å²) in [7, 11) is 1.62. The Kier molecular flexibility index (Phi) is 6.58. The summed E-state index contributed by atoms with van der Waals surface area (Å²) < 4.78 is 18.3. The van der Waals surface area contributed by atoms with Crippen LogP contribution in [0.2, 0.25) is 0 Å². The van der Waals surface area contributed by atoms with Gasteiger partial charge in [0.2, 0.25) is 11.8 Å². The number of hydrogen-bond acceptors (Lipinski definition) is 7. The first-order chi connectivity index (χ1) is 17.2. The summed E-state index contributed by atoms with van der Waals surface area (Å²) in [5.41, 5.74) is 1.88. The maximum Gasteiger partial charge on any atom is 0.231 e. The summed E-state index contributed by atoms with van der Waals surface area (Å²) in [5.74, 6) is 1.72. The molecule has 1 fully saturated rings. The molecule has 9 nitrogen and oxygen atoms in total. The van der Waals surface area contributed by atoms with E-state index in [9.17, 15) is 4.79 Å². The molecule has 1 amide bonds. The Morgan fingerprint density at radius 3 is 2.69 bits per heavy atom. The molecule has 35 heavy (non-hydrogen) atoms. The smallest absolute Gasteiger partial charge is 0.231 e. The highest BCUT2D eigenvalue weighted by Crippen LogP contribution is 2.35. The SMILES string of the molecule is COc1cccc(-c2nnc3ccc(OCCNC(=O)C4(c5ccccc5)CCOCC4)nn23)c1. The maximum atomic E-state index is 13.3. The lowest BCUT2D eigenvalue weighted by Gasteiger charge is -2.36. The number of hydrogen-bond donors (Lipinski definition) is 1. The fourth-order valence-electron chi connectivity index (χ4n) is 4.40. The van der Waals surface area contributed by atoms with Crippen LogP contribution in [-0.4, -0.2) is 59.2 Å². The molecule has 0 aliphatic carbocycles. The van der Waals surface area contributed by atoms with E-state index in [1.807, 2.05) is 54.6 Å². The molecule has 1 aliphatic heterocycles. The second-order valence-corrected chi connectivity index (χ2v) is 8.36. The molecule has 1 aliphatic rings. The maximum absolute atomic E-state index is 13.3. The lowest BCUT2D eigenvalue weighted by molar-refractivity contribution is -0.130. The molecule has 0 saturated carbocycles. The molecule has 2 aromatic heterocycles. The van der Waals surface area contributed by atoms with Crippen molar-refractivity contribution in [3.8, 4) is 23.0 Å². The zero-order valence-electron chi connectivity index (χ0n) is 19.5. The normalized spacial score (nSPS) is 15.0. The Morgan fingerprint density at radius 2 is 1.89 bits per heavy atom. The molecule has 0 bridgehead atoms. The number of carbonyl (C=O) groups is 1. The second kappa shape index (κ2) is 10.1. The predicted molar refractivity (Wildman–Crippen MR) is 129 cm³/mol. The predicted octanol–water partition coefficient (Wildman–Crippen LogP) is 3.04. The molecule has 0 radical (unpaired) electrons. The molecule has 9 heteroatoms. The molecule has 0 unspecified atom stereocenters. The first kappa shape index (κ1) is 22.8. The number of ether oxygens (including phenoxy) is 3. The van der Waals surface area contributed by atoms with Crippen molar-refractivity contribution in [3.05, 3.63) is 72.3 Å². The number of nitrogens with zero attached hydrogens (tertiary/aromatic N) is 4. The van der Waals surface area contributed by atoms with Gasteiger partial charge >= 0.3 is 0 Å².